The molecule has 0 aliphatic carbocycles. The molecule has 0 spiro atoms. The number of nitrogens with zero attached hydrogens (tertiary/aromatic N) is 1. The molecule has 0 saturated carbocycles. The van der Waals surface area contributed by atoms with E-state index in [2.05, 4.69) is 24.3 Å². The van der Waals surface area contributed by atoms with E-state index in [1.165, 1.54) is 5.39 Å². The van der Waals surface area contributed by atoms with Crippen LogP contribution in [0.4, 0.5) is 0 Å². The summed E-state index contributed by atoms with van der Waals surface area (Å²) < 4.78 is 1.74. The van der Waals surface area contributed by atoms with Gasteiger partial charge in [0.15, 0.2) is 0 Å². The highest BCUT2D eigenvalue weighted by Crippen LogP contribution is 2.25. The van der Waals surface area contributed by atoms with E-state index in [1.807, 2.05) is 36.4 Å². The molecule has 0 fully saturated rings. The number of nitrogen functional groups attached to an aromatic ring is 1. The molecule has 1 heterocycles. The zero-order valence-corrected chi connectivity index (χ0v) is 8.80. The van der Waals surface area contributed by atoms with Crippen molar-refractivity contribution in [3.8, 4) is 11.3 Å². The van der Waals surface area contributed by atoms with Crippen LogP contribution < -0.4 is 5.84 Å². The monoisotopic (exact) mass is 208 g/mol. The highest BCUT2D eigenvalue weighted by atomic mass is 15.3. The van der Waals surface area contributed by atoms with Gasteiger partial charge >= 0.3 is 0 Å². The van der Waals surface area contributed by atoms with Crippen molar-refractivity contribution in [3.05, 3.63) is 60.7 Å². The first-order chi connectivity index (χ1) is 7.86. The first-order valence-corrected chi connectivity index (χ1v) is 5.27. The molecular weight excluding hydrogens is 196 g/mol. The topological polar surface area (TPSA) is 30.9 Å². The Morgan fingerprint density at radius 3 is 2.25 bits per heavy atom. The predicted molar refractivity (Wildman–Crippen MR) is 67.5 cm³/mol. The Labute approximate surface area is 93.9 Å². The summed E-state index contributed by atoms with van der Waals surface area (Å²) in [6, 6.07) is 20.4. The van der Waals surface area contributed by atoms with Gasteiger partial charge in [0, 0.05) is 10.9 Å². The Hall–Kier alpha value is -2.22. The SMILES string of the molecule is Nn1c(-c2ccccc2)cc2ccccc21. The van der Waals surface area contributed by atoms with Crippen molar-refractivity contribution in [1.82, 2.24) is 4.68 Å². The van der Waals surface area contributed by atoms with E-state index in [-0.39, 0.29) is 0 Å². The molecule has 78 valence electrons. The molecule has 3 rings (SSSR count). The van der Waals surface area contributed by atoms with Gasteiger partial charge in [-0.3, -0.25) is 4.68 Å². The molecule has 2 heteroatoms. The fourth-order valence-electron chi connectivity index (χ4n) is 2.01. The Bertz CT molecular complexity index is 624. The number of rotatable bonds is 1. The van der Waals surface area contributed by atoms with Crippen LogP contribution in [0.1, 0.15) is 0 Å². The number of hydrogen-bond donors (Lipinski definition) is 1. The summed E-state index contributed by atoms with van der Waals surface area (Å²) in [5, 5.41) is 1.17. The first kappa shape index (κ1) is 9.04. The minimum atomic E-state index is 1.04. The van der Waals surface area contributed by atoms with Crippen LogP contribution in [0.3, 0.4) is 0 Å². The lowest BCUT2D eigenvalue weighted by Gasteiger charge is -2.03. The lowest BCUT2D eigenvalue weighted by atomic mass is 10.1. The van der Waals surface area contributed by atoms with Crippen LogP contribution in [0.5, 0.6) is 0 Å². The van der Waals surface area contributed by atoms with E-state index in [0.29, 0.717) is 0 Å². The number of nitrogens with two attached hydrogens (primary N) is 1. The summed E-state index contributed by atoms with van der Waals surface area (Å²) in [7, 11) is 0. The maximum atomic E-state index is 6.09. The molecule has 0 aliphatic rings. The van der Waals surface area contributed by atoms with E-state index >= 15 is 0 Å². The highest BCUT2D eigenvalue weighted by molar-refractivity contribution is 5.87. The molecule has 0 saturated heterocycles. The molecule has 16 heavy (non-hydrogen) atoms. The number of para-hydroxylation sites is 1. The number of benzene rings is 2. The molecule has 3 aromatic rings. The minimum Gasteiger partial charge on any atom is -0.339 e. The van der Waals surface area contributed by atoms with Gasteiger partial charge in [-0.25, -0.2) is 0 Å². The lowest BCUT2D eigenvalue weighted by molar-refractivity contribution is 1.08. The van der Waals surface area contributed by atoms with Crippen molar-refractivity contribution in [2.24, 2.45) is 0 Å². The molecule has 0 atom stereocenters. The van der Waals surface area contributed by atoms with Gasteiger partial charge in [-0.1, -0.05) is 48.5 Å². The van der Waals surface area contributed by atoms with Crippen molar-refractivity contribution in [1.29, 1.82) is 0 Å². The Kier molecular flexibility index (Phi) is 1.93. The molecule has 0 unspecified atom stereocenters. The summed E-state index contributed by atoms with van der Waals surface area (Å²) in [5.74, 6) is 6.09. The average molecular weight is 208 g/mol. The fraction of sp³-hybridized carbons (Fsp3) is 0. The highest BCUT2D eigenvalue weighted by Gasteiger charge is 2.06. The largest absolute Gasteiger partial charge is 0.339 e. The van der Waals surface area contributed by atoms with E-state index in [1.54, 1.807) is 4.68 Å². The maximum absolute atomic E-state index is 6.09. The summed E-state index contributed by atoms with van der Waals surface area (Å²) in [6.07, 6.45) is 0. The first-order valence-electron chi connectivity index (χ1n) is 5.27. The van der Waals surface area contributed by atoms with Crippen LogP contribution >= 0.6 is 0 Å². The molecule has 2 aromatic carbocycles. The Morgan fingerprint density at radius 1 is 0.812 bits per heavy atom. The fourth-order valence-corrected chi connectivity index (χ4v) is 2.01. The minimum absolute atomic E-state index is 1.04. The van der Waals surface area contributed by atoms with Gasteiger partial charge in [-0.15, -0.1) is 0 Å². The number of fused-ring (bicyclic) bond motifs is 1. The van der Waals surface area contributed by atoms with Gasteiger partial charge in [0.1, 0.15) is 0 Å². The van der Waals surface area contributed by atoms with E-state index < -0.39 is 0 Å². The van der Waals surface area contributed by atoms with Crippen molar-refractivity contribution >= 4 is 10.9 Å². The molecule has 0 amide bonds. The van der Waals surface area contributed by atoms with Crippen molar-refractivity contribution in [2.75, 3.05) is 5.84 Å². The van der Waals surface area contributed by atoms with E-state index in [0.717, 1.165) is 16.8 Å². The van der Waals surface area contributed by atoms with Gasteiger partial charge in [0.25, 0.3) is 0 Å². The third-order valence-electron chi connectivity index (χ3n) is 2.82. The molecule has 0 bridgehead atoms. The van der Waals surface area contributed by atoms with Gasteiger partial charge in [-0.2, -0.15) is 0 Å². The smallest absolute Gasteiger partial charge is 0.0703 e. The van der Waals surface area contributed by atoms with Crippen LogP contribution in [-0.2, 0) is 0 Å². The normalized spacial score (nSPS) is 10.8. The van der Waals surface area contributed by atoms with Crippen molar-refractivity contribution < 1.29 is 0 Å². The zero-order valence-electron chi connectivity index (χ0n) is 8.80. The van der Waals surface area contributed by atoms with Crippen LogP contribution in [0.2, 0.25) is 0 Å². The second kappa shape index (κ2) is 3.42. The summed E-state index contributed by atoms with van der Waals surface area (Å²) in [4.78, 5) is 0. The molecule has 0 radical (unpaired) electrons. The molecule has 2 nitrogen and oxygen atoms in total. The summed E-state index contributed by atoms with van der Waals surface area (Å²) in [5.41, 5.74) is 3.24. The van der Waals surface area contributed by atoms with Gasteiger partial charge in [-0.05, 0) is 12.1 Å². The van der Waals surface area contributed by atoms with E-state index in [9.17, 15) is 0 Å². The molecule has 1 aromatic heterocycles. The summed E-state index contributed by atoms with van der Waals surface area (Å²) in [6.45, 7) is 0. The molecular formula is C14H12N2. The van der Waals surface area contributed by atoms with Crippen LogP contribution in [-0.4, -0.2) is 4.68 Å². The van der Waals surface area contributed by atoms with Crippen LogP contribution in [0, 0.1) is 0 Å². The average Bonchev–Trinajstić information content (AvgIpc) is 2.69. The number of aromatic nitrogens is 1. The molecule has 2 N–H and O–H groups in total. The van der Waals surface area contributed by atoms with Gasteiger partial charge in [0.05, 0.1) is 11.2 Å². The predicted octanol–water partition coefficient (Wildman–Crippen LogP) is 3.02. The van der Waals surface area contributed by atoms with Gasteiger partial charge < -0.3 is 5.84 Å². The van der Waals surface area contributed by atoms with Crippen LogP contribution in [0.25, 0.3) is 22.2 Å². The van der Waals surface area contributed by atoms with Crippen molar-refractivity contribution in [3.63, 3.8) is 0 Å². The third kappa shape index (κ3) is 1.27. The van der Waals surface area contributed by atoms with Gasteiger partial charge in [0.2, 0.25) is 0 Å². The summed E-state index contributed by atoms with van der Waals surface area (Å²) >= 11 is 0. The maximum Gasteiger partial charge on any atom is 0.0703 e. The standard InChI is InChI=1S/C14H12N2/c15-16-13-9-5-4-8-12(13)10-14(16)11-6-2-1-3-7-11/h1-10H,15H2. The Morgan fingerprint density at radius 2 is 1.50 bits per heavy atom. The Balaban J connectivity index is 2.29. The zero-order chi connectivity index (χ0) is 11.0. The van der Waals surface area contributed by atoms with E-state index in [4.69, 9.17) is 5.84 Å². The van der Waals surface area contributed by atoms with Crippen molar-refractivity contribution in [2.45, 2.75) is 0 Å². The quantitative estimate of drug-likeness (QED) is 0.612. The second-order valence-electron chi connectivity index (χ2n) is 3.82. The van der Waals surface area contributed by atoms with Crippen LogP contribution in [0.15, 0.2) is 60.7 Å². The third-order valence-corrected chi connectivity index (χ3v) is 2.82. The lowest BCUT2D eigenvalue weighted by Crippen LogP contribution is -2.08. The molecule has 0 aliphatic heterocycles. The second-order valence-corrected chi connectivity index (χ2v) is 3.82. The number of hydrogen-bond acceptors (Lipinski definition) is 1.